The standard InChI is InChI=1S/C22H32N4O2/c27-21(24-12-4-5-13-24)18-7-6-14-26(17-18)20-10-15-25(16-11-20)22(28)23-19-8-2-1-3-9-19/h1-3,8-9,18,20H,4-7,10-17H2,(H,23,28). The van der Waals surface area contributed by atoms with Crippen molar-refractivity contribution in [3.8, 4) is 0 Å². The van der Waals surface area contributed by atoms with Gasteiger partial charge in [0.15, 0.2) is 0 Å². The predicted octanol–water partition coefficient (Wildman–Crippen LogP) is 3.02. The highest BCUT2D eigenvalue weighted by Gasteiger charge is 2.34. The van der Waals surface area contributed by atoms with Gasteiger partial charge in [-0.15, -0.1) is 0 Å². The number of urea groups is 1. The molecule has 0 bridgehead atoms. The molecule has 6 nitrogen and oxygen atoms in total. The molecule has 0 aliphatic carbocycles. The van der Waals surface area contributed by atoms with Crippen molar-refractivity contribution in [1.29, 1.82) is 0 Å². The van der Waals surface area contributed by atoms with E-state index in [0.29, 0.717) is 11.9 Å². The molecule has 3 fully saturated rings. The summed E-state index contributed by atoms with van der Waals surface area (Å²) in [7, 11) is 0. The van der Waals surface area contributed by atoms with Crippen molar-refractivity contribution in [2.45, 2.75) is 44.6 Å². The van der Waals surface area contributed by atoms with Crippen LogP contribution in [-0.2, 0) is 4.79 Å². The fourth-order valence-electron chi connectivity index (χ4n) is 4.89. The molecule has 1 aromatic rings. The van der Waals surface area contributed by atoms with Crippen LogP contribution in [0.4, 0.5) is 10.5 Å². The molecule has 152 valence electrons. The zero-order valence-electron chi connectivity index (χ0n) is 16.7. The molecule has 3 amide bonds. The van der Waals surface area contributed by atoms with Gasteiger partial charge < -0.3 is 15.1 Å². The molecule has 3 heterocycles. The maximum absolute atomic E-state index is 12.8. The summed E-state index contributed by atoms with van der Waals surface area (Å²) in [6.45, 7) is 5.45. The third-order valence-electron chi connectivity index (χ3n) is 6.51. The van der Waals surface area contributed by atoms with Crippen LogP contribution in [0.25, 0.3) is 0 Å². The van der Waals surface area contributed by atoms with E-state index in [4.69, 9.17) is 0 Å². The number of carbonyl (C=O) groups excluding carboxylic acids is 2. The van der Waals surface area contributed by atoms with Gasteiger partial charge in [-0.1, -0.05) is 18.2 Å². The average Bonchev–Trinajstić information content (AvgIpc) is 3.29. The van der Waals surface area contributed by atoms with Crippen LogP contribution in [0, 0.1) is 5.92 Å². The molecule has 1 aromatic carbocycles. The number of anilines is 1. The summed E-state index contributed by atoms with van der Waals surface area (Å²) in [6.07, 6.45) is 6.44. The van der Waals surface area contributed by atoms with Gasteiger partial charge in [-0.05, 0) is 57.2 Å². The third kappa shape index (κ3) is 4.49. The average molecular weight is 385 g/mol. The van der Waals surface area contributed by atoms with E-state index in [9.17, 15) is 9.59 Å². The van der Waals surface area contributed by atoms with E-state index < -0.39 is 0 Å². The highest BCUT2D eigenvalue weighted by molar-refractivity contribution is 5.89. The number of para-hydroxylation sites is 1. The van der Waals surface area contributed by atoms with Crippen LogP contribution in [0.15, 0.2) is 30.3 Å². The Balaban J connectivity index is 1.26. The first-order valence-electron chi connectivity index (χ1n) is 10.8. The molecule has 6 heteroatoms. The summed E-state index contributed by atoms with van der Waals surface area (Å²) in [5, 5.41) is 2.98. The highest BCUT2D eigenvalue weighted by atomic mass is 16.2. The number of amides is 3. The Labute approximate surface area is 167 Å². The fourth-order valence-corrected chi connectivity index (χ4v) is 4.89. The molecular formula is C22H32N4O2. The van der Waals surface area contributed by atoms with Gasteiger partial charge in [0.2, 0.25) is 5.91 Å². The second-order valence-corrected chi connectivity index (χ2v) is 8.38. The Morgan fingerprint density at radius 2 is 1.54 bits per heavy atom. The normalized spacial score (nSPS) is 24.4. The zero-order chi connectivity index (χ0) is 19.3. The number of nitrogens with one attached hydrogen (secondary N) is 1. The monoisotopic (exact) mass is 384 g/mol. The second kappa shape index (κ2) is 8.95. The first-order valence-corrected chi connectivity index (χ1v) is 10.8. The predicted molar refractivity (Wildman–Crippen MR) is 110 cm³/mol. The van der Waals surface area contributed by atoms with E-state index in [1.165, 1.54) is 0 Å². The van der Waals surface area contributed by atoms with Crippen molar-refractivity contribution in [2.24, 2.45) is 5.92 Å². The number of rotatable bonds is 3. The quantitative estimate of drug-likeness (QED) is 0.872. The number of nitrogens with zero attached hydrogens (tertiary/aromatic N) is 3. The lowest BCUT2D eigenvalue weighted by molar-refractivity contribution is -0.136. The summed E-state index contributed by atoms with van der Waals surface area (Å²) >= 11 is 0. The van der Waals surface area contributed by atoms with Gasteiger partial charge in [0.25, 0.3) is 0 Å². The minimum atomic E-state index is -0.00891. The van der Waals surface area contributed by atoms with E-state index in [1.807, 2.05) is 35.2 Å². The van der Waals surface area contributed by atoms with Crippen molar-refractivity contribution >= 4 is 17.6 Å². The Morgan fingerprint density at radius 1 is 0.821 bits per heavy atom. The van der Waals surface area contributed by atoms with Crippen LogP contribution in [-0.4, -0.2) is 71.9 Å². The van der Waals surface area contributed by atoms with E-state index >= 15 is 0 Å². The molecule has 3 aliphatic heterocycles. The number of piperidine rings is 2. The molecule has 0 saturated carbocycles. The Hall–Kier alpha value is -2.08. The maximum Gasteiger partial charge on any atom is 0.321 e. The van der Waals surface area contributed by atoms with Crippen LogP contribution in [0.1, 0.15) is 38.5 Å². The highest BCUT2D eigenvalue weighted by Crippen LogP contribution is 2.26. The summed E-state index contributed by atoms with van der Waals surface area (Å²) in [6, 6.07) is 10.1. The van der Waals surface area contributed by atoms with E-state index in [2.05, 4.69) is 15.1 Å². The SMILES string of the molecule is O=C(Nc1ccccc1)N1CCC(N2CCCC(C(=O)N3CCCC3)C2)CC1. The topological polar surface area (TPSA) is 55.9 Å². The Kier molecular flexibility index (Phi) is 6.15. The maximum atomic E-state index is 12.8. The molecular weight excluding hydrogens is 352 g/mol. The molecule has 0 spiro atoms. The van der Waals surface area contributed by atoms with Crippen molar-refractivity contribution in [1.82, 2.24) is 14.7 Å². The first-order chi connectivity index (χ1) is 13.7. The van der Waals surface area contributed by atoms with Gasteiger partial charge in [-0.2, -0.15) is 0 Å². The third-order valence-corrected chi connectivity index (χ3v) is 6.51. The zero-order valence-corrected chi connectivity index (χ0v) is 16.7. The summed E-state index contributed by atoms with van der Waals surface area (Å²) in [4.78, 5) is 31.8. The largest absolute Gasteiger partial charge is 0.342 e. The van der Waals surface area contributed by atoms with E-state index in [-0.39, 0.29) is 11.9 Å². The van der Waals surface area contributed by atoms with Gasteiger partial charge in [0.1, 0.15) is 0 Å². The Morgan fingerprint density at radius 3 is 2.25 bits per heavy atom. The van der Waals surface area contributed by atoms with E-state index in [0.717, 1.165) is 83.5 Å². The van der Waals surface area contributed by atoms with Crippen molar-refractivity contribution in [3.63, 3.8) is 0 Å². The van der Waals surface area contributed by atoms with Crippen LogP contribution in [0.3, 0.4) is 0 Å². The Bertz CT molecular complexity index is 666. The van der Waals surface area contributed by atoms with Gasteiger partial charge >= 0.3 is 6.03 Å². The second-order valence-electron chi connectivity index (χ2n) is 8.38. The number of carbonyl (C=O) groups is 2. The minimum absolute atomic E-state index is 0.00891. The molecule has 1 unspecified atom stereocenters. The van der Waals surface area contributed by atoms with Crippen molar-refractivity contribution < 1.29 is 9.59 Å². The summed E-state index contributed by atoms with van der Waals surface area (Å²) in [5.74, 6) is 0.549. The number of hydrogen-bond donors (Lipinski definition) is 1. The minimum Gasteiger partial charge on any atom is -0.342 e. The van der Waals surface area contributed by atoms with Gasteiger partial charge in [-0.3, -0.25) is 9.69 Å². The van der Waals surface area contributed by atoms with Gasteiger partial charge in [0, 0.05) is 44.5 Å². The number of likely N-dealkylation sites (tertiary alicyclic amines) is 3. The van der Waals surface area contributed by atoms with Crippen LogP contribution < -0.4 is 5.32 Å². The van der Waals surface area contributed by atoms with Crippen LogP contribution in [0.2, 0.25) is 0 Å². The van der Waals surface area contributed by atoms with Crippen LogP contribution in [0.5, 0.6) is 0 Å². The lowest BCUT2D eigenvalue weighted by atomic mass is 9.93. The van der Waals surface area contributed by atoms with Gasteiger partial charge in [-0.25, -0.2) is 4.79 Å². The fraction of sp³-hybridized carbons (Fsp3) is 0.636. The van der Waals surface area contributed by atoms with Crippen molar-refractivity contribution in [3.05, 3.63) is 30.3 Å². The number of hydrogen-bond acceptors (Lipinski definition) is 3. The number of benzene rings is 1. The molecule has 1 N–H and O–H groups in total. The van der Waals surface area contributed by atoms with Crippen molar-refractivity contribution in [2.75, 3.05) is 44.6 Å². The molecule has 3 aliphatic rings. The van der Waals surface area contributed by atoms with Crippen LogP contribution >= 0.6 is 0 Å². The first kappa shape index (κ1) is 19.2. The van der Waals surface area contributed by atoms with E-state index in [1.54, 1.807) is 0 Å². The smallest absolute Gasteiger partial charge is 0.321 e. The molecule has 28 heavy (non-hydrogen) atoms. The molecule has 0 radical (unpaired) electrons. The van der Waals surface area contributed by atoms with Gasteiger partial charge in [0.05, 0.1) is 5.92 Å². The molecule has 0 aromatic heterocycles. The summed E-state index contributed by atoms with van der Waals surface area (Å²) in [5.41, 5.74) is 0.842. The molecule has 3 saturated heterocycles. The summed E-state index contributed by atoms with van der Waals surface area (Å²) < 4.78 is 0. The molecule has 1 atom stereocenters. The lowest BCUT2D eigenvalue weighted by Crippen LogP contribution is -2.52. The molecule has 4 rings (SSSR count). The lowest BCUT2D eigenvalue weighted by Gasteiger charge is -2.42.